The van der Waals surface area contributed by atoms with Gasteiger partial charge in [0.2, 0.25) is 0 Å². The lowest BCUT2D eigenvalue weighted by molar-refractivity contribution is -0.384. The van der Waals surface area contributed by atoms with E-state index in [1.807, 2.05) is 17.7 Å². The molecule has 1 heterocycles. The quantitative estimate of drug-likeness (QED) is 0.622. The number of nitro benzene ring substituents is 1. The van der Waals surface area contributed by atoms with Gasteiger partial charge >= 0.3 is 0 Å². The van der Waals surface area contributed by atoms with Gasteiger partial charge in [0.05, 0.1) is 16.5 Å². The zero-order valence-electron chi connectivity index (χ0n) is 9.13. The Hall–Kier alpha value is -1.88. The Bertz CT molecular complexity index is 566. The molecule has 0 atom stereocenters. The number of aromatic nitrogens is 2. The molecule has 17 heavy (non-hydrogen) atoms. The summed E-state index contributed by atoms with van der Waals surface area (Å²) < 4.78 is 1.92. The van der Waals surface area contributed by atoms with Gasteiger partial charge in [0, 0.05) is 24.5 Å². The van der Waals surface area contributed by atoms with E-state index in [2.05, 4.69) is 4.98 Å². The Kier molecular flexibility index (Phi) is 3.10. The third-order valence-electron chi connectivity index (χ3n) is 2.51. The maximum absolute atomic E-state index is 10.6. The van der Waals surface area contributed by atoms with Gasteiger partial charge in [-0.2, -0.15) is 0 Å². The minimum absolute atomic E-state index is 0.00102. The minimum Gasteiger partial charge on any atom is -0.331 e. The van der Waals surface area contributed by atoms with Crippen molar-refractivity contribution in [2.75, 3.05) is 0 Å². The lowest BCUT2D eigenvalue weighted by Gasteiger charge is -2.06. The predicted molar refractivity (Wildman–Crippen MR) is 64.2 cm³/mol. The van der Waals surface area contributed by atoms with Gasteiger partial charge < -0.3 is 4.57 Å². The Balaban J connectivity index is 2.29. The molecule has 1 aromatic heterocycles. The predicted octanol–water partition coefficient (Wildman–Crippen LogP) is 2.80. The van der Waals surface area contributed by atoms with Crippen LogP contribution in [0.3, 0.4) is 0 Å². The summed E-state index contributed by atoms with van der Waals surface area (Å²) in [5.74, 6) is 0.874. The summed E-state index contributed by atoms with van der Waals surface area (Å²) in [5, 5.41) is 11.0. The van der Waals surface area contributed by atoms with Crippen LogP contribution < -0.4 is 0 Å². The fourth-order valence-electron chi connectivity index (χ4n) is 1.53. The van der Waals surface area contributed by atoms with E-state index in [0.29, 0.717) is 11.6 Å². The smallest absolute Gasteiger partial charge is 0.270 e. The van der Waals surface area contributed by atoms with Gasteiger partial charge in [-0.1, -0.05) is 11.6 Å². The topological polar surface area (TPSA) is 61.0 Å². The molecule has 1 aromatic carbocycles. The first-order valence-electron chi connectivity index (χ1n) is 4.98. The van der Waals surface area contributed by atoms with Crippen LogP contribution in [0.5, 0.6) is 0 Å². The molecule has 0 aliphatic heterocycles. The van der Waals surface area contributed by atoms with Crippen LogP contribution in [0.25, 0.3) is 0 Å². The van der Waals surface area contributed by atoms with Gasteiger partial charge in [0.25, 0.3) is 5.69 Å². The number of imidazole rings is 1. The van der Waals surface area contributed by atoms with Gasteiger partial charge in [-0.05, 0) is 18.6 Å². The van der Waals surface area contributed by atoms with E-state index < -0.39 is 4.92 Å². The highest BCUT2D eigenvalue weighted by Gasteiger charge is 2.10. The Morgan fingerprint density at radius 1 is 1.53 bits per heavy atom. The molecule has 0 radical (unpaired) electrons. The molecular weight excluding hydrogens is 242 g/mol. The van der Waals surface area contributed by atoms with E-state index in [1.165, 1.54) is 12.1 Å². The van der Waals surface area contributed by atoms with E-state index in [9.17, 15) is 10.1 Å². The van der Waals surface area contributed by atoms with Crippen molar-refractivity contribution in [3.63, 3.8) is 0 Å². The summed E-state index contributed by atoms with van der Waals surface area (Å²) in [6.45, 7) is 2.45. The maximum Gasteiger partial charge on any atom is 0.270 e. The number of aryl methyl sites for hydroxylation is 1. The molecule has 0 unspecified atom stereocenters. The number of non-ortho nitro benzene ring substituents is 1. The van der Waals surface area contributed by atoms with Crippen molar-refractivity contribution < 1.29 is 4.92 Å². The summed E-state index contributed by atoms with van der Waals surface area (Å²) in [7, 11) is 0. The van der Waals surface area contributed by atoms with Crippen molar-refractivity contribution in [3.05, 3.63) is 57.1 Å². The summed E-state index contributed by atoms with van der Waals surface area (Å²) in [4.78, 5) is 14.2. The summed E-state index contributed by atoms with van der Waals surface area (Å²) in [6, 6.07) is 4.48. The number of halogens is 1. The Morgan fingerprint density at radius 3 is 2.82 bits per heavy atom. The molecule has 0 fully saturated rings. The summed E-state index contributed by atoms with van der Waals surface area (Å²) in [6.07, 6.45) is 3.54. The molecule has 0 N–H and O–H groups in total. The largest absolute Gasteiger partial charge is 0.331 e. The normalized spacial score (nSPS) is 10.5. The van der Waals surface area contributed by atoms with Crippen molar-refractivity contribution >= 4 is 17.3 Å². The van der Waals surface area contributed by atoms with Crippen LogP contribution in [0.4, 0.5) is 5.69 Å². The highest BCUT2D eigenvalue weighted by molar-refractivity contribution is 6.31. The molecule has 5 nitrogen and oxygen atoms in total. The monoisotopic (exact) mass is 251 g/mol. The first-order valence-corrected chi connectivity index (χ1v) is 5.36. The second kappa shape index (κ2) is 4.55. The van der Waals surface area contributed by atoms with Gasteiger partial charge in [0.15, 0.2) is 0 Å². The second-order valence-corrected chi connectivity index (χ2v) is 4.04. The number of nitro groups is 1. The fourth-order valence-corrected chi connectivity index (χ4v) is 1.77. The van der Waals surface area contributed by atoms with Crippen LogP contribution in [0.15, 0.2) is 30.6 Å². The Labute approximate surface area is 103 Å². The van der Waals surface area contributed by atoms with Gasteiger partial charge in [0.1, 0.15) is 5.82 Å². The average Bonchev–Trinajstić information content (AvgIpc) is 2.67. The lowest BCUT2D eigenvalue weighted by atomic mass is 10.2. The first-order chi connectivity index (χ1) is 8.08. The van der Waals surface area contributed by atoms with Crippen molar-refractivity contribution in [1.82, 2.24) is 9.55 Å². The molecule has 88 valence electrons. The van der Waals surface area contributed by atoms with E-state index in [0.717, 1.165) is 11.4 Å². The van der Waals surface area contributed by atoms with Crippen molar-refractivity contribution in [2.24, 2.45) is 0 Å². The van der Waals surface area contributed by atoms with Crippen LogP contribution in [-0.2, 0) is 6.54 Å². The van der Waals surface area contributed by atoms with Crippen molar-refractivity contribution in [2.45, 2.75) is 13.5 Å². The van der Waals surface area contributed by atoms with Crippen LogP contribution in [-0.4, -0.2) is 14.5 Å². The number of nitrogens with zero attached hydrogens (tertiary/aromatic N) is 3. The number of benzene rings is 1. The van der Waals surface area contributed by atoms with Gasteiger partial charge in [-0.15, -0.1) is 0 Å². The van der Waals surface area contributed by atoms with Crippen LogP contribution in [0.2, 0.25) is 5.02 Å². The van der Waals surface area contributed by atoms with Gasteiger partial charge in [-0.3, -0.25) is 10.1 Å². The van der Waals surface area contributed by atoms with Crippen LogP contribution in [0, 0.1) is 17.0 Å². The third kappa shape index (κ3) is 2.45. The highest BCUT2D eigenvalue weighted by Crippen LogP contribution is 2.23. The van der Waals surface area contributed by atoms with Crippen molar-refractivity contribution in [3.8, 4) is 0 Å². The lowest BCUT2D eigenvalue weighted by Crippen LogP contribution is -2.01. The summed E-state index contributed by atoms with van der Waals surface area (Å²) >= 11 is 6.00. The minimum atomic E-state index is -0.460. The number of hydrogen-bond donors (Lipinski definition) is 0. The molecular formula is C11H10ClN3O2. The first kappa shape index (κ1) is 11.6. The molecule has 0 amide bonds. The van der Waals surface area contributed by atoms with E-state index in [1.54, 1.807) is 12.3 Å². The molecule has 0 saturated carbocycles. The summed E-state index contributed by atoms with van der Waals surface area (Å²) in [5.41, 5.74) is 0.833. The molecule has 0 bridgehead atoms. The zero-order chi connectivity index (χ0) is 12.4. The average molecular weight is 252 g/mol. The molecule has 6 heteroatoms. The number of hydrogen-bond acceptors (Lipinski definition) is 3. The molecule has 2 aromatic rings. The van der Waals surface area contributed by atoms with E-state index in [4.69, 9.17) is 11.6 Å². The molecule has 0 spiro atoms. The maximum atomic E-state index is 10.6. The molecule has 0 aliphatic carbocycles. The standard InChI is InChI=1S/C11H10ClN3O2/c1-8-13-4-5-14(8)7-9-2-3-10(15(16)17)6-11(9)12/h2-6H,7H2,1H3. The van der Waals surface area contributed by atoms with Crippen LogP contribution >= 0.6 is 11.6 Å². The highest BCUT2D eigenvalue weighted by atomic mass is 35.5. The SMILES string of the molecule is Cc1nccn1Cc1ccc([N+](=O)[O-])cc1Cl. The second-order valence-electron chi connectivity index (χ2n) is 3.64. The number of rotatable bonds is 3. The van der Waals surface area contributed by atoms with E-state index in [-0.39, 0.29) is 5.69 Å². The molecule has 2 rings (SSSR count). The molecule has 0 saturated heterocycles. The van der Waals surface area contributed by atoms with Crippen molar-refractivity contribution in [1.29, 1.82) is 0 Å². The third-order valence-corrected chi connectivity index (χ3v) is 2.86. The fraction of sp³-hybridized carbons (Fsp3) is 0.182. The van der Waals surface area contributed by atoms with Gasteiger partial charge in [-0.25, -0.2) is 4.98 Å². The van der Waals surface area contributed by atoms with E-state index >= 15 is 0 Å². The Morgan fingerprint density at radius 2 is 2.29 bits per heavy atom. The zero-order valence-corrected chi connectivity index (χ0v) is 9.89. The van der Waals surface area contributed by atoms with Crippen LogP contribution in [0.1, 0.15) is 11.4 Å². The molecule has 0 aliphatic rings.